The highest BCUT2D eigenvalue weighted by atomic mass is 35.5. The van der Waals surface area contributed by atoms with Gasteiger partial charge in [-0.3, -0.25) is 0 Å². The van der Waals surface area contributed by atoms with Gasteiger partial charge in [0.05, 0.1) is 5.52 Å². The number of rotatable bonds is 4. The molecule has 1 aromatic heterocycles. The van der Waals surface area contributed by atoms with E-state index < -0.39 is 5.97 Å². The van der Waals surface area contributed by atoms with Crippen LogP contribution in [0, 0.1) is 5.92 Å². The predicted octanol–water partition coefficient (Wildman–Crippen LogP) is 3.57. The van der Waals surface area contributed by atoms with Gasteiger partial charge in [0.1, 0.15) is 5.82 Å². The number of fused-ring (bicyclic) bond motifs is 1. The second kappa shape index (κ2) is 5.53. The topological polar surface area (TPSA) is 63.1 Å². The summed E-state index contributed by atoms with van der Waals surface area (Å²) in [6, 6.07) is 5.02. The second-order valence-electron chi connectivity index (χ2n) is 4.67. The number of nitrogens with zero attached hydrogens (tertiary/aromatic N) is 2. The Kier molecular flexibility index (Phi) is 4.00. The highest BCUT2D eigenvalue weighted by Gasteiger charge is 2.15. The van der Waals surface area contributed by atoms with E-state index in [2.05, 4.69) is 23.8 Å². The van der Waals surface area contributed by atoms with Gasteiger partial charge in [-0.1, -0.05) is 31.9 Å². The first kappa shape index (κ1) is 13.7. The SMILES string of the molecule is CCC(C)Cc1nc(C(=O)O)c2cc(Cl)ccc2n1. The normalized spacial score (nSPS) is 12.6. The van der Waals surface area contributed by atoms with Crippen molar-refractivity contribution in [3.05, 3.63) is 34.7 Å². The van der Waals surface area contributed by atoms with Crippen molar-refractivity contribution >= 4 is 28.5 Å². The summed E-state index contributed by atoms with van der Waals surface area (Å²) in [7, 11) is 0. The third-order valence-corrected chi connectivity index (χ3v) is 3.37. The second-order valence-corrected chi connectivity index (χ2v) is 5.11. The molecule has 0 aliphatic heterocycles. The van der Waals surface area contributed by atoms with Gasteiger partial charge in [-0.15, -0.1) is 0 Å². The molecule has 2 rings (SSSR count). The summed E-state index contributed by atoms with van der Waals surface area (Å²) in [5, 5.41) is 10.2. The molecule has 1 heterocycles. The fraction of sp³-hybridized carbons (Fsp3) is 0.357. The van der Waals surface area contributed by atoms with Crippen LogP contribution in [0.2, 0.25) is 5.02 Å². The molecule has 0 aliphatic rings. The van der Waals surface area contributed by atoms with Crippen molar-refractivity contribution in [3.8, 4) is 0 Å². The molecule has 0 bridgehead atoms. The Morgan fingerprint density at radius 1 is 1.42 bits per heavy atom. The van der Waals surface area contributed by atoms with E-state index in [1.165, 1.54) is 0 Å². The molecule has 0 aliphatic carbocycles. The molecule has 1 atom stereocenters. The molecule has 0 amide bonds. The number of benzene rings is 1. The van der Waals surface area contributed by atoms with E-state index in [1.54, 1.807) is 18.2 Å². The van der Waals surface area contributed by atoms with E-state index in [0.29, 0.717) is 34.1 Å². The van der Waals surface area contributed by atoms with Gasteiger partial charge >= 0.3 is 5.97 Å². The minimum Gasteiger partial charge on any atom is -0.476 e. The average molecular weight is 279 g/mol. The van der Waals surface area contributed by atoms with Gasteiger partial charge in [-0.05, 0) is 24.1 Å². The number of aromatic carboxylic acids is 1. The quantitative estimate of drug-likeness (QED) is 0.929. The van der Waals surface area contributed by atoms with E-state index in [1.807, 2.05) is 0 Å². The maximum absolute atomic E-state index is 11.3. The van der Waals surface area contributed by atoms with E-state index >= 15 is 0 Å². The molecule has 0 saturated carbocycles. The molecule has 100 valence electrons. The monoisotopic (exact) mass is 278 g/mol. The zero-order chi connectivity index (χ0) is 14.0. The van der Waals surface area contributed by atoms with Crippen molar-refractivity contribution in [1.29, 1.82) is 0 Å². The fourth-order valence-electron chi connectivity index (χ4n) is 1.86. The lowest BCUT2D eigenvalue weighted by molar-refractivity contribution is 0.0692. The summed E-state index contributed by atoms with van der Waals surface area (Å²) >= 11 is 5.89. The van der Waals surface area contributed by atoms with Crippen molar-refractivity contribution in [2.24, 2.45) is 5.92 Å². The van der Waals surface area contributed by atoms with Gasteiger partial charge in [-0.2, -0.15) is 0 Å². The Bertz CT molecular complexity index is 628. The Morgan fingerprint density at radius 3 is 2.79 bits per heavy atom. The van der Waals surface area contributed by atoms with Crippen LogP contribution in [0.5, 0.6) is 0 Å². The molecule has 0 radical (unpaired) electrons. The molecule has 0 saturated heterocycles. The first-order chi connectivity index (χ1) is 9.01. The molecular formula is C14H15ClN2O2. The van der Waals surface area contributed by atoms with Crippen LogP contribution in [0.15, 0.2) is 18.2 Å². The number of hydrogen-bond donors (Lipinski definition) is 1. The fourth-order valence-corrected chi connectivity index (χ4v) is 2.03. The van der Waals surface area contributed by atoms with Gasteiger partial charge in [0, 0.05) is 16.8 Å². The minimum atomic E-state index is -1.06. The highest BCUT2D eigenvalue weighted by molar-refractivity contribution is 6.31. The third-order valence-electron chi connectivity index (χ3n) is 3.13. The van der Waals surface area contributed by atoms with E-state index in [4.69, 9.17) is 11.6 Å². The molecular weight excluding hydrogens is 264 g/mol. The Morgan fingerprint density at radius 2 is 2.16 bits per heavy atom. The molecule has 1 N–H and O–H groups in total. The van der Waals surface area contributed by atoms with Gasteiger partial charge in [0.15, 0.2) is 5.69 Å². The van der Waals surface area contributed by atoms with Crippen molar-refractivity contribution in [3.63, 3.8) is 0 Å². The van der Waals surface area contributed by atoms with Gasteiger partial charge in [0.25, 0.3) is 0 Å². The van der Waals surface area contributed by atoms with Gasteiger partial charge in [-0.25, -0.2) is 14.8 Å². The summed E-state index contributed by atoms with van der Waals surface area (Å²) in [6.45, 7) is 4.18. The zero-order valence-corrected chi connectivity index (χ0v) is 11.6. The van der Waals surface area contributed by atoms with E-state index in [0.717, 1.165) is 6.42 Å². The van der Waals surface area contributed by atoms with Crippen LogP contribution in [-0.4, -0.2) is 21.0 Å². The number of halogens is 1. The molecule has 1 aromatic carbocycles. The maximum atomic E-state index is 11.3. The molecule has 0 fully saturated rings. The molecule has 0 spiro atoms. The van der Waals surface area contributed by atoms with Crippen molar-refractivity contribution in [2.75, 3.05) is 0 Å². The number of carbonyl (C=O) groups is 1. The van der Waals surface area contributed by atoms with Crippen LogP contribution in [0.3, 0.4) is 0 Å². The van der Waals surface area contributed by atoms with Crippen LogP contribution in [0.25, 0.3) is 10.9 Å². The summed E-state index contributed by atoms with van der Waals surface area (Å²) in [6.07, 6.45) is 1.68. The largest absolute Gasteiger partial charge is 0.476 e. The lowest BCUT2D eigenvalue weighted by Gasteiger charge is -2.09. The zero-order valence-electron chi connectivity index (χ0n) is 10.9. The molecule has 5 heteroatoms. The Balaban J connectivity index is 2.58. The predicted molar refractivity (Wildman–Crippen MR) is 74.7 cm³/mol. The van der Waals surface area contributed by atoms with Gasteiger partial charge < -0.3 is 5.11 Å². The summed E-state index contributed by atoms with van der Waals surface area (Å²) in [5.41, 5.74) is 0.640. The number of aromatic nitrogens is 2. The Labute approximate surface area is 116 Å². The van der Waals surface area contributed by atoms with Crippen molar-refractivity contribution in [2.45, 2.75) is 26.7 Å². The minimum absolute atomic E-state index is 0.0193. The molecule has 1 unspecified atom stereocenters. The van der Waals surface area contributed by atoms with E-state index in [9.17, 15) is 9.90 Å². The highest BCUT2D eigenvalue weighted by Crippen LogP contribution is 2.21. The van der Waals surface area contributed by atoms with Crippen LogP contribution in [-0.2, 0) is 6.42 Å². The number of carboxylic acids is 1. The average Bonchev–Trinajstić information content (AvgIpc) is 2.37. The number of carboxylic acid groups (broad SMARTS) is 1. The van der Waals surface area contributed by atoms with Crippen LogP contribution in [0.1, 0.15) is 36.6 Å². The molecule has 19 heavy (non-hydrogen) atoms. The van der Waals surface area contributed by atoms with Crippen LogP contribution >= 0.6 is 11.6 Å². The molecule has 2 aromatic rings. The smallest absolute Gasteiger partial charge is 0.355 e. The Hall–Kier alpha value is -1.68. The maximum Gasteiger partial charge on any atom is 0.355 e. The van der Waals surface area contributed by atoms with Crippen molar-refractivity contribution in [1.82, 2.24) is 9.97 Å². The first-order valence-electron chi connectivity index (χ1n) is 6.20. The summed E-state index contributed by atoms with van der Waals surface area (Å²) < 4.78 is 0. The van der Waals surface area contributed by atoms with Gasteiger partial charge in [0.2, 0.25) is 0 Å². The standard InChI is InChI=1S/C14H15ClN2O2/c1-3-8(2)6-12-16-11-5-4-9(15)7-10(11)13(17-12)14(18)19/h4-5,7-8H,3,6H2,1-2H3,(H,18,19). The molecule has 4 nitrogen and oxygen atoms in total. The lowest BCUT2D eigenvalue weighted by Crippen LogP contribution is -2.09. The van der Waals surface area contributed by atoms with Crippen LogP contribution < -0.4 is 0 Å². The number of hydrogen-bond acceptors (Lipinski definition) is 3. The summed E-state index contributed by atoms with van der Waals surface area (Å²) in [4.78, 5) is 19.9. The summed E-state index contributed by atoms with van der Waals surface area (Å²) in [5.74, 6) is -0.0620. The van der Waals surface area contributed by atoms with Crippen molar-refractivity contribution < 1.29 is 9.90 Å². The lowest BCUT2D eigenvalue weighted by atomic mass is 10.0. The van der Waals surface area contributed by atoms with Crippen LogP contribution in [0.4, 0.5) is 0 Å². The van der Waals surface area contributed by atoms with E-state index in [-0.39, 0.29) is 5.69 Å². The third kappa shape index (κ3) is 3.01. The first-order valence-corrected chi connectivity index (χ1v) is 6.58.